The highest BCUT2D eigenvalue weighted by Gasteiger charge is 2.16. The molecule has 0 saturated carbocycles. The lowest BCUT2D eigenvalue weighted by atomic mass is 10.1. The van der Waals surface area contributed by atoms with E-state index in [0.717, 1.165) is 18.8 Å². The van der Waals surface area contributed by atoms with Crippen LogP contribution in [0, 0.1) is 11.3 Å². The molecule has 3 aromatic rings. The normalized spacial score (nSPS) is 13.9. The van der Waals surface area contributed by atoms with Crippen LogP contribution in [0.3, 0.4) is 0 Å². The van der Waals surface area contributed by atoms with Gasteiger partial charge in [-0.05, 0) is 79.9 Å². The summed E-state index contributed by atoms with van der Waals surface area (Å²) in [6, 6.07) is 20.3. The molecule has 8 heteroatoms. The Morgan fingerprint density at radius 2 is 1.62 bits per heavy atom. The Morgan fingerprint density at radius 3 is 2.28 bits per heavy atom. The average Bonchev–Trinajstić information content (AvgIpc) is 2.80. The number of anilines is 2. The molecular formula is C24H22ClN3O3S. The van der Waals surface area contributed by atoms with Gasteiger partial charge >= 0.3 is 0 Å². The highest BCUT2D eigenvalue weighted by Crippen LogP contribution is 2.30. The minimum atomic E-state index is -3.75. The van der Waals surface area contributed by atoms with E-state index in [9.17, 15) is 13.7 Å². The second kappa shape index (κ2) is 9.51. The number of ether oxygens (including phenoxy) is 1. The molecule has 3 aromatic carbocycles. The van der Waals surface area contributed by atoms with E-state index in [1.54, 1.807) is 30.3 Å². The third-order valence-electron chi connectivity index (χ3n) is 5.29. The van der Waals surface area contributed by atoms with Gasteiger partial charge in [0.05, 0.1) is 9.92 Å². The Morgan fingerprint density at radius 1 is 0.938 bits per heavy atom. The molecule has 1 saturated heterocycles. The maximum atomic E-state index is 12.8. The number of sulfonamides is 1. The fraction of sp³-hybridized carbons (Fsp3) is 0.208. The molecule has 0 aliphatic carbocycles. The summed E-state index contributed by atoms with van der Waals surface area (Å²) < 4.78 is 33.9. The Hall–Kier alpha value is -3.21. The van der Waals surface area contributed by atoms with Crippen molar-refractivity contribution in [3.8, 4) is 17.6 Å². The van der Waals surface area contributed by atoms with Crippen molar-refractivity contribution in [3.05, 3.63) is 77.3 Å². The quantitative estimate of drug-likeness (QED) is 0.495. The predicted molar refractivity (Wildman–Crippen MR) is 126 cm³/mol. The van der Waals surface area contributed by atoms with Crippen LogP contribution in [0.5, 0.6) is 11.5 Å². The summed E-state index contributed by atoms with van der Waals surface area (Å²) in [7, 11) is -3.75. The largest absolute Gasteiger partial charge is 0.456 e. The van der Waals surface area contributed by atoms with E-state index in [0.29, 0.717) is 22.2 Å². The van der Waals surface area contributed by atoms with Crippen LogP contribution < -0.4 is 14.4 Å². The SMILES string of the molecule is N#Cc1c(Cl)cccc1Oc1ccc(S(=O)(=O)Nc2ccc(N3CCCCC3)cc2)cc1. The lowest BCUT2D eigenvalue weighted by Gasteiger charge is -2.28. The van der Waals surface area contributed by atoms with Crippen LogP contribution in [-0.2, 0) is 10.0 Å². The number of nitrogens with zero attached hydrogens (tertiary/aromatic N) is 2. The van der Waals surface area contributed by atoms with Gasteiger partial charge in [0.15, 0.2) is 0 Å². The highest BCUT2D eigenvalue weighted by molar-refractivity contribution is 7.92. The monoisotopic (exact) mass is 467 g/mol. The van der Waals surface area contributed by atoms with Crippen LogP contribution in [0.15, 0.2) is 71.6 Å². The number of rotatable bonds is 6. The topological polar surface area (TPSA) is 82.4 Å². The van der Waals surface area contributed by atoms with Crippen LogP contribution in [0.25, 0.3) is 0 Å². The average molecular weight is 468 g/mol. The standard InChI is InChI=1S/C24H22ClN3O3S/c25-23-5-4-6-24(22(23)17-26)31-20-11-13-21(14-12-20)32(29,30)27-18-7-9-19(10-8-18)28-15-2-1-3-16-28/h4-14,27H,1-3,15-16H2. The first-order chi connectivity index (χ1) is 15.5. The van der Waals surface area contributed by atoms with Crippen molar-refractivity contribution >= 4 is 33.0 Å². The number of hydrogen-bond acceptors (Lipinski definition) is 5. The van der Waals surface area contributed by atoms with Crippen LogP contribution in [0.4, 0.5) is 11.4 Å². The molecule has 32 heavy (non-hydrogen) atoms. The summed E-state index contributed by atoms with van der Waals surface area (Å²) in [4.78, 5) is 2.43. The lowest BCUT2D eigenvalue weighted by molar-refractivity contribution is 0.480. The van der Waals surface area contributed by atoms with Crippen molar-refractivity contribution in [3.63, 3.8) is 0 Å². The van der Waals surface area contributed by atoms with Gasteiger partial charge < -0.3 is 9.64 Å². The molecule has 0 amide bonds. The molecule has 0 spiro atoms. The van der Waals surface area contributed by atoms with Gasteiger partial charge in [0.1, 0.15) is 23.1 Å². The molecule has 0 bridgehead atoms. The maximum Gasteiger partial charge on any atom is 0.261 e. The van der Waals surface area contributed by atoms with E-state index >= 15 is 0 Å². The molecule has 1 aliphatic heterocycles. The fourth-order valence-electron chi connectivity index (χ4n) is 3.62. The van der Waals surface area contributed by atoms with Gasteiger partial charge in [-0.3, -0.25) is 4.72 Å². The predicted octanol–water partition coefficient (Wildman–Crippen LogP) is 5.80. The number of piperidine rings is 1. The molecular weight excluding hydrogens is 446 g/mol. The molecule has 1 aliphatic rings. The number of benzene rings is 3. The highest BCUT2D eigenvalue weighted by atomic mass is 35.5. The van der Waals surface area contributed by atoms with Gasteiger partial charge in [-0.15, -0.1) is 0 Å². The Bertz CT molecular complexity index is 1230. The molecule has 6 nitrogen and oxygen atoms in total. The summed E-state index contributed by atoms with van der Waals surface area (Å²) in [5, 5.41) is 9.55. The first kappa shape index (κ1) is 22.0. The zero-order valence-corrected chi connectivity index (χ0v) is 18.9. The summed E-state index contributed by atoms with van der Waals surface area (Å²) >= 11 is 6.02. The van der Waals surface area contributed by atoms with Crippen LogP contribution in [-0.4, -0.2) is 21.5 Å². The number of halogens is 1. The van der Waals surface area contributed by atoms with Crippen molar-refractivity contribution in [2.24, 2.45) is 0 Å². The molecule has 1 fully saturated rings. The Kier molecular flexibility index (Phi) is 6.54. The summed E-state index contributed by atoms with van der Waals surface area (Å²) in [5.74, 6) is 0.705. The van der Waals surface area contributed by atoms with Gasteiger partial charge in [-0.2, -0.15) is 5.26 Å². The second-order valence-electron chi connectivity index (χ2n) is 7.50. The third kappa shape index (κ3) is 4.98. The molecule has 0 atom stereocenters. The minimum absolute atomic E-state index is 0.108. The third-order valence-corrected chi connectivity index (χ3v) is 7.00. The van der Waals surface area contributed by atoms with Crippen molar-refractivity contribution in [2.75, 3.05) is 22.7 Å². The van der Waals surface area contributed by atoms with Gasteiger partial charge in [-0.1, -0.05) is 17.7 Å². The first-order valence-corrected chi connectivity index (χ1v) is 12.2. The number of nitriles is 1. The zero-order valence-electron chi connectivity index (χ0n) is 17.3. The Balaban J connectivity index is 1.45. The van der Waals surface area contributed by atoms with E-state index < -0.39 is 10.0 Å². The van der Waals surface area contributed by atoms with Crippen LogP contribution in [0.2, 0.25) is 5.02 Å². The van der Waals surface area contributed by atoms with E-state index in [2.05, 4.69) is 9.62 Å². The van der Waals surface area contributed by atoms with Crippen molar-refractivity contribution in [2.45, 2.75) is 24.2 Å². The number of hydrogen-bond donors (Lipinski definition) is 1. The molecule has 0 aromatic heterocycles. The molecule has 0 radical (unpaired) electrons. The minimum Gasteiger partial charge on any atom is -0.456 e. The van der Waals surface area contributed by atoms with E-state index in [4.69, 9.17) is 16.3 Å². The van der Waals surface area contributed by atoms with E-state index in [1.165, 1.54) is 43.5 Å². The van der Waals surface area contributed by atoms with Gasteiger partial charge in [0.25, 0.3) is 10.0 Å². The summed E-state index contributed by atoms with van der Waals surface area (Å²) in [5.41, 5.74) is 1.83. The number of nitrogens with one attached hydrogen (secondary N) is 1. The van der Waals surface area contributed by atoms with Crippen LogP contribution in [0.1, 0.15) is 24.8 Å². The maximum absolute atomic E-state index is 12.8. The van der Waals surface area contributed by atoms with Crippen molar-refractivity contribution in [1.82, 2.24) is 0 Å². The fourth-order valence-corrected chi connectivity index (χ4v) is 4.88. The van der Waals surface area contributed by atoms with Crippen molar-refractivity contribution in [1.29, 1.82) is 5.26 Å². The first-order valence-electron chi connectivity index (χ1n) is 10.3. The second-order valence-corrected chi connectivity index (χ2v) is 9.59. The molecule has 0 unspecified atom stereocenters. The molecule has 4 rings (SSSR count). The van der Waals surface area contributed by atoms with Crippen molar-refractivity contribution < 1.29 is 13.2 Å². The zero-order chi connectivity index (χ0) is 22.6. The van der Waals surface area contributed by atoms with Gasteiger partial charge in [0, 0.05) is 24.5 Å². The summed E-state index contributed by atoms with van der Waals surface area (Å²) in [6.45, 7) is 2.06. The van der Waals surface area contributed by atoms with E-state index in [-0.39, 0.29) is 10.5 Å². The molecule has 1 N–H and O–H groups in total. The van der Waals surface area contributed by atoms with Gasteiger partial charge in [0.2, 0.25) is 0 Å². The van der Waals surface area contributed by atoms with Crippen LogP contribution >= 0.6 is 11.6 Å². The lowest BCUT2D eigenvalue weighted by Crippen LogP contribution is -2.29. The van der Waals surface area contributed by atoms with Gasteiger partial charge in [-0.25, -0.2) is 8.42 Å². The van der Waals surface area contributed by atoms with E-state index in [1.807, 2.05) is 18.2 Å². The summed E-state index contributed by atoms with van der Waals surface area (Å²) in [6.07, 6.45) is 3.63. The molecule has 1 heterocycles. The molecule has 164 valence electrons. The smallest absolute Gasteiger partial charge is 0.261 e. The Labute approximate surface area is 193 Å².